The zero-order valence-corrected chi connectivity index (χ0v) is 14.1. The van der Waals surface area contributed by atoms with E-state index in [-0.39, 0.29) is 0 Å². The van der Waals surface area contributed by atoms with Crippen LogP contribution in [-0.4, -0.2) is 14.8 Å². The molecule has 4 rings (SSSR count). The van der Waals surface area contributed by atoms with E-state index in [1.54, 1.807) is 0 Å². The second-order valence-electron chi connectivity index (χ2n) is 6.10. The topological polar surface area (TPSA) is 43.9 Å². The minimum atomic E-state index is 0.446. The molecule has 0 radical (unpaired) electrons. The van der Waals surface area contributed by atoms with Gasteiger partial charge in [-0.1, -0.05) is 19.3 Å². The summed E-state index contributed by atoms with van der Waals surface area (Å²) in [5.74, 6) is 1.88. The van der Waals surface area contributed by atoms with Crippen LogP contribution in [0.1, 0.15) is 43.9 Å². The highest BCUT2D eigenvalue weighted by Gasteiger charge is 2.21. The van der Waals surface area contributed by atoms with Gasteiger partial charge in [-0.05, 0) is 47.0 Å². The van der Waals surface area contributed by atoms with E-state index in [4.69, 9.17) is 4.42 Å². The van der Waals surface area contributed by atoms with Gasteiger partial charge in [-0.2, -0.15) is 0 Å². The van der Waals surface area contributed by atoms with Crippen molar-refractivity contribution in [2.75, 3.05) is 0 Å². The van der Waals surface area contributed by atoms with E-state index in [0.717, 1.165) is 21.3 Å². The summed E-state index contributed by atoms with van der Waals surface area (Å²) < 4.78 is 9.14. The molecule has 0 atom stereocenters. The van der Waals surface area contributed by atoms with Crippen molar-refractivity contribution < 1.29 is 4.42 Å². The number of aryl methyl sites for hydroxylation is 1. The number of aromatic nitrogens is 3. The molecule has 0 N–H and O–H groups in total. The minimum absolute atomic E-state index is 0.446. The van der Waals surface area contributed by atoms with Crippen molar-refractivity contribution in [1.29, 1.82) is 0 Å². The maximum Gasteiger partial charge on any atom is 0.247 e. The maximum absolute atomic E-state index is 5.96. The van der Waals surface area contributed by atoms with E-state index < -0.39 is 0 Å². The van der Waals surface area contributed by atoms with Crippen molar-refractivity contribution in [2.24, 2.45) is 7.05 Å². The van der Waals surface area contributed by atoms with Crippen molar-refractivity contribution in [3.8, 4) is 11.5 Å². The van der Waals surface area contributed by atoms with Crippen molar-refractivity contribution in [3.05, 3.63) is 34.8 Å². The third-order valence-electron chi connectivity index (χ3n) is 4.58. The number of fused-ring (bicyclic) bond motifs is 1. The SMILES string of the molecule is Cn1cc(Br)c2cc(-c3nnc(C4CCCCC4)o3)ccc21. The molecule has 0 unspecified atom stereocenters. The summed E-state index contributed by atoms with van der Waals surface area (Å²) in [6.07, 6.45) is 8.28. The number of hydrogen-bond donors (Lipinski definition) is 0. The summed E-state index contributed by atoms with van der Waals surface area (Å²) in [6, 6.07) is 6.25. The fraction of sp³-hybridized carbons (Fsp3) is 0.412. The molecule has 0 bridgehead atoms. The average molecular weight is 360 g/mol. The van der Waals surface area contributed by atoms with Crippen LogP contribution in [-0.2, 0) is 7.05 Å². The maximum atomic E-state index is 5.96. The van der Waals surface area contributed by atoms with Gasteiger partial charge in [-0.25, -0.2) is 0 Å². The summed E-state index contributed by atoms with van der Waals surface area (Å²) in [6.45, 7) is 0. The quantitative estimate of drug-likeness (QED) is 0.643. The van der Waals surface area contributed by atoms with Crippen molar-refractivity contribution >= 4 is 26.8 Å². The van der Waals surface area contributed by atoms with Crippen LogP contribution in [0, 0.1) is 0 Å². The molecule has 114 valence electrons. The largest absolute Gasteiger partial charge is 0.420 e. The Bertz CT molecular complexity index is 815. The summed E-state index contributed by atoms with van der Waals surface area (Å²) in [7, 11) is 2.04. The average Bonchev–Trinajstić information content (AvgIpc) is 3.14. The fourth-order valence-electron chi connectivity index (χ4n) is 3.34. The standard InChI is InChI=1S/C17H18BrN3O/c1-21-10-14(18)13-9-12(7-8-15(13)21)17-20-19-16(22-17)11-5-3-2-4-6-11/h7-11H,2-6H2,1H3. The Hall–Kier alpha value is -1.62. The number of benzene rings is 1. The van der Waals surface area contributed by atoms with E-state index in [9.17, 15) is 0 Å². The van der Waals surface area contributed by atoms with Gasteiger partial charge in [0.2, 0.25) is 11.8 Å². The Morgan fingerprint density at radius 2 is 2.00 bits per heavy atom. The molecule has 0 saturated heterocycles. The first-order valence-electron chi connectivity index (χ1n) is 7.81. The number of nitrogens with zero attached hydrogens (tertiary/aromatic N) is 3. The van der Waals surface area contributed by atoms with Gasteiger partial charge in [-0.15, -0.1) is 10.2 Å². The van der Waals surface area contributed by atoms with Crippen LogP contribution in [0.2, 0.25) is 0 Å². The Morgan fingerprint density at radius 1 is 1.18 bits per heavy atom. The van der Waals surface area contributed by atoms with E-state index in [0.29, 0.717) is 11.8 Å². The molecule has 0 spiro atoms. The molecule has 2 aromatic heterocycles. The highest BCUT2D eigenvalue weighted by atomic mass is 79.9. The Morgan fingerprint density at radius 3 is 2.82 bits per heavy atom. The summed E-state index contributed by atoms with van der Waals surface area (Å²) >= 11 is 3.60. The molecular formula is C17H18BrN3O. The van der Waals surface area contributed by atoms with Gasteiger partial charge in [0.15, 0.2) is 0 Å². The predicted octanol–water partition coefficient (Wildman–Crippen LogP) is 5.04. The molecule has 3 aromatic rings. The summed E-state index contributed by atoms with van der Waals surface area (Å²) in [5.41, 5.74) is 2.16. The van der Waals surface area contributed by atoms with Crippen LogP contribution in [0.15, 0.2) is 33.3 Å². The van der Waals surface area contributed by atoms with E-state index in [1.165, 1.54) is 37.6 Å². The number of halogens is 1. The molecule has 22 heavy (non-hydrogen) atoms. The van der Waals surface area contributed by atoms with Crippen molar-refractivity contribution in [2.45, 2.75) is 38.0 Å². The van der Waals surface area contributed by atoms with Gasteiger partial charge < -0.3 is 8.98 Å². The third kappa shape index (κ3) is 2.37. The lowest BCUT2D eigenvalue weighted by atomic mass is 9.89. The Labute approximate surface area is 137 Å². The van der Waals surface area contributed by atoms with E-state index in [2.05, 4.69) is 49.0 Å². The minimum Gasteiger partial charge on any atom is -0.420 e. The molecule has 0 aliphatic heterocycles. The van der Waals surface area contributed by atoms with E-state index >= 15 is 0 Å². The van der Waals surface area contributed by atoms with E-state index in [1.807, 2.05) is 13.1 Å². The van der Waals surface area contributed by atoms with Crippen LogP contribution in [0.4, 0.5) is 0 Å². The first-order valence-corrected chi connectivity index (χ1v) is 8.60. The van der Waals surface area contributed by atoms with Gasteiger partial charge in [0, 0.05) is 40.1 Å². The predicted molar refractivity (Wildman–Crippen MR) is 89.7 cm³/mol. The summed E-state index contributed by atoms with van der Waals surface area (Å²) in [4.78, 5) is 0. The van der Waals surface area contributed by atoms with Gasteiger partial charge in [0.1, 0.15) is 0 Å². The normalized spacial score (nSPS) is 16.5. The second-order valence-corrected chi connectivity index (χ2v) is 6.95. The first-order chi connectivity index (χ1) is 10.7. The lowest BCUT2D eigenvalue weighted by Gasteiger charge is -2.17. The van der Waals surface area contributed by atoms with Crippen LogP contribution in [0.5, 0.6) is 0 Å². The molecule has 0 amide bonds. The smallest absolute Gasteiger partial charge is 0.247 e. The Balaban J connectivity index is 1.69. The second kappa shape index (κ2) is 5.54. The van der Waals surface area contributed by atoms with Crippen molar-refractivity contribution in [3.63, 3.8) is 0 Å². The van der Waals surface area contributed by atoms with Gasteiger partial charge in [0.05, 0.1) is 0 Å². The van der Waals surface area contributed by atoms with Gasteiger partial charge >= 0.3 is 0 Å². The molecule has 1 aromatic carbocycles. The fourth-order valence-corrected chi connectivity index (χ4v) is 3.97. The zero-order chi connectivity index (χ0) is 15.1. The zero-order valence-electron chi connectivity index (χ0n) is 12.6. The molecule has 4 nitrogen and oxygen atoms in total. The van der Waals surface area contributed by atoms with Crippen LogP contribution in [0.25, 0.3) is 22.4 Å². The van der Waals surface area contributed by atoms with Crippen molar-refractivity contribution in [1.82, 2.24) is 14.8 Å². The first kappa shape index (κ1) is 14.0. The number of rotatable bonds is 2. The highest BCUT2D eigenvalue weighted by molar-refractivity contribution is 9.10. The summed E-state index contributed by atoms with van der Waals surface area (Å²) in [5, 5.41) is 9.72. The molecule has 1 saturated carbocycles. The lowest BCUT2D eigenvalue weighted by Crippen LogP contribution is -2.04. The monoisotopic (exact) mass is 359 g/mol. The molecule has 2 heterocycles. The molecule has 1 fully saturated rings. The lowest BCUT2D eigenvalue weighted by molar-refractivity contribution is 0.367. The molecule has 1 aliphatic carbocycles. The highest BCUT2D eigenvalue weighted by Crippen LogP contribution is 2.34. The molecular weight excluding hydrogens is 342 g/mol. The van der Waals surface area contributed by atoms with Crippen LogP contribution >= 0.6 is 15.9 Å². The number of hydrogen-bond acceptors (Lipinski definition) is 3. The van der Waals surface area contributed by atoms with Crippen LogP contribution < -0.4 is 0 Å². The third-order valence-corrected chi connectivity index (χ3v) is 5.21. The van der Waals surface area contributed by atoms with Gasteiger partial charge in [-0.3, -0.25) is 0 Å². The van der Waals surface area contributed by atoms with Gasteiger partial charge in [0.25, 0.3) is 0 Å². The molecule has 5 heteroatoms. The van der Waals surface area contributed by atoms with Crippen LogP contribution in [0.3, 0.4) is 0 Å². The Kier molecular flexibility index (Phi) is 3.53. The molecule has 1 aliphatic rings.